The van der Waals surface area contributed by atoms with Gasteiger partial charge in [0.2, 0.25) is 5.91 Å². The molecule has 0 saturated carbocycles. The Kier molecular flexibility index (Phi) is 4.17. The number of carbonyl (C=O) groups excluding carboxylic acids is 1. The van der Waals surface area contributed by atoms with E-state index >= 15 is 0 Å². The number of nitrogens with two attached hydrogens (primary N) is 1. The van der Waals surface area contributed by atoms with E-state index in [1.165, 1.54) is 4.90 Å². The van der Waals surface area contributed by atoms with Gasteiger partial charge in [0.25, 0.3) is 0 Å². The molecule has 1 aromatic heterocycles. The average molecular weight is 251 g/mol. The predicted molar refractivity (Wildman–Crippen MR) is 72.8 cm³/mol. The monoisotopic (exact) mass is 251 g/mol. The van der Waals surface area contributed by atoms with E-state index < -0.39 is 5.41 Å². The van der Waals surface area contributed by atoms with E-state index in [0.717, 1.165) is 0 Å². The Hall–Kier alpha value is -1.49. The van der Waals surface area contributed by atoms with Gasteiger partial charge in [0.05, 0.1) is 10.4 Å². The number of amides is 1. The van der Waals surface area contributed by atoms with Crippen LogP contribution in [0.3, 0.4) is 0 Å². The molecule has 1 heterocycles. The van der Waals surface area contributed by atoms with Gasteiger partial charge in [0.1, 0.15) is 5.82 Å². The van der Waals surface area contributed by atoms with Crippen LogP contribution in [0.25, 0.3) is 0 Å². The first-order chi connectivity index (χ1) is 7.93. The van der Waals surface area contributed by atoms with Crippen LogP contribution in [0.1, 0.15) is 20.3 Å². The molecule has 1 rings (SSSR count). The van der Waals surface area contributed by atoms with Crippen LogP contribution in [0, 0.1) is 5.41 Å². The molecule has 0 aromatic carbocycles. The molecular formula is C12H17N3OS. The number of rotatable bonds is 4. The lowest BCUT2D eigenvalue weighted by Gasteiger charge is -2.30. The Bertz CT molecular complexity index is 421. The van der Waals surface area contributed by atoms with E-state index in [2.05, 4.69) is 4.98 Å². The molecule has 0 bridgehead atoms. The van der Waals surface area contributed by atoms with E-state index in [9.17, 15) is 4.79 Å². The van der Waals surface area contributed by atoms with Gasteiger partial charge in [0, 0.05) is 13.2 Å². The van der Waals surface area contributed by atoms with Crippen LogP contribution < -0.4 is 10.6 Å². The van der Waals surface area contributed by atoms with Gasteiger partial charge in [-0.15, -0.1) is 0 Å². The lowest BCUT2D eigenvalue weighted by atomic mass is 9.86. The van der Waals surface area contributed by atoms with Crippen LogP contribution >= 0.6 is 12.2 Å². The van der Waals surface area contributed by atoms with Crippen molar-refractivity contribution < 1.29 is 4.79 Å². The Labute approximate surface area is 107 Å². The normalized spacial score (nSPS) is 13.8. The third-order valence-electron chi connectivity index (χ3n) is 3.02. The molecule has 0 aliphatic heterocycles. The van der Waals surface area contributed by atoms with E-state index in [1.807, 2.05) is 13.0 Å². The van der Waals surface area contributed by atoms with Crippen molar-refractivity contribution in [2.24, 2.45) is 11.1 Å². The largest absolute Gasteiger partial charge is 0.392 e. The molecule has 2 N–H and O–H groups in total. The van der Waals surface area contributed by atoms with Crippen LogP contribution in [-0.4, -0.2) is 22.9 Å². The van der Waals surface area contributed by atoms with Crippen LogP contribution in [0.5, 0.6) is 0 Å². The average Bonchev–Trinajstić information content (AvgIpc) is 2.36. The third-order valence-corrected chi connectivity index (χ3v) is 3.47. The van der Waals surface area contributed by atoms with Crippen LogP contribution in [0.2, 0.25) is 0 Å². The van der Waals surface area contributed by atoms with E-state index in [1.54, 1.807) is 32.3 Å². The quantitative estimate of drug-likeness (QED) is 0.828. The van der Waals surface area contributed by atoms with Crippen molar-refractivity contribution in [2.45, 2.75) is 20.3 Å². The highest BCUT2D eigenvalue weighted by molar-refractivity contribution is 7.80. The molecular weight excluding hydrogens is 234 g/mol. The number of pyridine rings is 1. The highest BCUT2D eigenvalue weighted by Gasteiger charge is 2.37. The van der Waals surface area contributed by atoms with Crippen molar-refractivity contribution in [3.63, 3.8) is 0 Å². The summed E-state index contributed by atoms with van der Waals surface area (Å²) in [5.41, 5.74) is 4.84. The fourth-order valence-corrected chi connectivity index (χ4v) is 1.69. The maximum absolute atomic E-state index is 12.4. The number of thiocarbonyl (C=S) groups is 1. The molecule has 0 aliphatic carbocycles. The molecule has 4 nitrogen and oxygen atoms in total. The third kappa shape index (κ3) is 2.61. The number of hydrogen-bond acceptors (Lipinski definition) is 3. The van der Waals surface area contributed by atoms with Gasteiger partial charge in [-0.3, -0.25) is 9.69 Å². The van der Waals surface area contributed by atoms with Gasteiger partial charge < -0.3 is 5.73 Å². The number of carbonyl (C=O) groups is 1. The molecule has 17 heavy (non-hydrogen) atoms. The fraction of sp³-hybridized carbons (Fsp3) is 0.417. The number of aromatic nitrogens is 1. The highest BCUT2D eigenvalue weighted by atomic mass is 32.1. The Morgan fingerprint density at radius 1 is 1.59 bits per heavy atom. The maximum Gasteiger partial charge on any atom is 0.240 e. The van der Waals surface area contributed by atoms with Crippen LogP contribution in [0.15, 0.2) is 24.4 Å². The SMILES string of the molecule is CCC(C)(C(=O)N(C)c1ccccn1)C(N)=S. The van der Waals surface area contributed by atoms with Crippen molar-refractivity contribution in [1.82, 2.24) is 4.98 Å². The maximum atomic E-state index is 12.4. The topological polar surface area (TPSA) is 59.2 Å². The molecule has 0 radical (unpaired) electrons. The zero-order valence-corrected chi connectivity index (χ0v) is 11.1. The Balaban J connectivity index is 3.01. The molecule has 0 saturated heterocycles. The molecule has 1 unspecified atom stereocenters. The molecule has 1 atom stereocenters. The van der Waals surface area contributed by atoms with Gasteiger partial charge in [0.15, 0.2) is 0 Å². The summed E-state index contributed by atoms with van der Waals surface area (Å²) in [6.45, 7) is 3.65. The summed E-state index contributed by atoms with van der Waals surface area (Å²) in [6, 6.07) is 5.40. The zero-order chi connectivity index (χ0) is 13.1. The molecule has 0 fully saturated rings. The minimum Gasteiger partial charge on any atom is -0.392 e. The predicted octanol–water partition coefficient (Wildman–Crippen LogP) is 1.75. The first-order valence-electron chi connectivity index (χ1n) is 5.42. The van der Waals surface area contributed by atoms with Gasteiger partial charge in [-0.05, 0) is 25.5 Å². The van der Waals surface area contributed by atoms with E-state index in [0.29, 0.717) is 12.2 Å². The second-order valence-electron chi connectivity index (χ2n) is 4.10. The van der Waals surface area contributed by atoms with Gasteiger partial charge in [-0.2, -0.15) is 0 Å². The number of anilines is 1. The second kappa shape index (κ2) is 5.23. The first-order valence-corrected chi connectivity index (χ1v) is 5.83. The summed E-state index contributed by atoms with van der Waals surface area (Å²) in [4.78, 5) is 18.2. The van der Waals surface area contributed by atoms with E-state index in [-0.39, 0.29) is 10.9 Å². The summed E-state index contributed by atoms with van der Waals surface area (Å²) in [5.74, 6) is 0.458. The second-order valence-corrected chi connectivity index (χ2v) is 4.54. The van der Waals surface area contributed by atoms with Crippen molar-refractivity contribution in [1.29, 1.82) is 0 Å². The molecule has 5 heteroatoms. The summed E-state index contributed by atoms with van der Waals surface area (Å²) >= 11 is 4.98. The minimum atomic E-state index is -0.818. The number of hydrogen-bond donors (Lipinski definition) is 1. The van der Waals surface area contributed by atoms with Crippen LogP contribution in [-0.2, 0) is 4.79 Å². The molecule has 1 amide bonds. The fourth-order valence-electron chi connectivity index (χ4n) is 1.46. The Morgan fingerprint density at radius 2 is 2.24 bits per heavy atom. The smallest absolute Gasteiger partial charge is 0.240 e. The standard InChI is InChI=1S/C12H17N3OS/c1-4-12(2,10(13)17)11(16)15(3)9-7-5-6-8-14-9/h5-8H,4H2,1-3H3,(H2,13,17). The zero-order valence-electron chi connectivity index (χ0n) is 10.3. The van der Waals surface area contributed by atoms with Gasteiger partial charge in [-0.1, -0.05) is 25.2 Å². The van der Waals surface area contributed by atoms with Gasteiger partial charge >= 0.3 is 0 Å². The first kappa shape index (κ1) is 13.6. The van der Waals surface area contributed by atoms with Crippen LogP contribution in [0.4, 0.5) is 5.82 Å². The van der Waals surface area contributed by atoms with Crippen molar-refractivity contribution in [3.8, 4) is 0 Å². The molecule has 1 aromatic rings. The summed E-state index contributed by atoms with van der Waals surface area (Å²) in [7, 11) is 1.68. The molecule has 0 aliphatic rings. The van der Waals surface area contributed by atoms with E-state index in [4.69, 9.17) is 18.0 Å². The van der Waals surface area contributed by atoms with Gasteiger partial charge in [-0.25, -0.2) is 4.98 Å². The highest BCUT2D eigenvalue weighted by Crippen LogP contribution is 2.26. The Morgan fingerprint density at radius 3 is 2.65 bits per heavy atom. The summed E-state index contributed by atoms with van der Waals surface area (Å²) in [5, 5.41) is 0. The van der Waals surface area contributed by atoms with Crippen molar-refractivity contribution in [3.05, 3.63) is 24.4 Å². The van der Waals surface area contributed by atoms with Crippen molar-refractivity contribution in [2.75, 3.05) is 11.9 Å². The minimum absolute atomic E-state index is 0.133. The molecule has 0 spiro atoms. The van der Waals surface area contributed by atoms with Crippen molar-refractivity contribution >= 4 is 28.9 Å². The molecule has 92 valence electrons. The lowest BCUT2D eigenvalue weighted by Crippen LogP contribution is -2.47. The number of nitrogens with zero attached hydrogens (tertiary/aromatic N) is 2. The lowest BCUT2D eigenvalue weighted by molar-refractivity contribution is -0.124. The summed E-state index contributed by atoms with van der Waals surface area (Å²) in [6.07, 6.45) is 2.21. The summed E-state index contributed by atoms with van der Waals surface area (Å²) < 4.78 is 0.